The van der Waals surface area contributed by atoms with Gasteiger partial charge in [0.2, 0.25) is 0 Å². The van der Waals surface area contributed by atoms with E-state index in [1.807, 2.05) is 5.01 Å². The lowest BCUT2D eigenvalue weighted by Gasteiger charge is -2.37. The molecule has 0 radical (unpaired) electrons. The minimum atomic E-state index is 0.585. The maximum atomic E-state index is 5.79. The molecule has 3 nitrogen and oxygen atoms in total. The topological polar surface area (TPSA) is 32.5 Å². The molecule has 2 aliphatic heterocycles. The molecular weight excluding hydrogens is 150 g/mol. The minimum absolute atomic E-state index is 0.585. The lowest BCUT2D eigenvalue weighted by atomic mass is 9.78. The molecule has 2 heterocycles. The normalized spacial score (nSPS) is 31.5. The van der Waals surface area contributed by atoms with Gasteiger partial charge in [-0.15, -0.1) is 0 Å². The lowest BCUT2D eigenvalue weighted by molar-refractivity contribution is 0.126. The van der Waals surface area contributed by atoms with Crippen LogP contribution in [0.5, 0.6) is 0 Å². The number of rotatable bonds is 0. The Hall–Kier alpha value is -0.120. The molecule has 0 bridgehead atoms. The van der Waals surface area contributed by atoms with Crippen LogP contribution in [0.15, 0.2) is 0 Å². The first-order chi connectivity index (χ1) is 5.70. The fraction of sp³-hybridized carbons (Fsp3) is 1.00. The van der Waals surface area contributed by atoms with E-state index in [-0.39, 0.29) is 0 Å². The van der Waals surface area contributed by atoms with Crippen LogP contribution in [0.3, 0.4) is 0 Å². The van der Waals surface area contributed by atoms with Crippen LogP contribution in [0.1, 0.15) is 19.3 Å². The Morgan fingerprint density at radius 3 is 2.17 bits per heavy atom. The summed E-state index contributed by atoms with van der Waals surface area (Å²) >= 11 is 0. The molecule has 2 saturated heterocycles. The molecule has 0 amide bonds. The fourth-order valence-electron chi connectivity index (χ4n) is 2.47. The number of nitrogens with two attached hydrogens (primary N) is 1. The van der Waals surface area contributed by atoms with E-state index in [2.05, 4.69) is 11.9 Å². The Labute approximate surface area is 74.5 Å². The zero-order valence-corrected chi connectivity index (χ0v) is 7.92. The molecule has 0 unspecified atom stereocenters. The summed E-state index contributed by atoms with van der Waals surface area (Å²) in [5, 5.41) is 1.99. The van der Waals surface area contributed by atoms with Crippen LogP contribution in [0, 0.1) is 5.41 Å². The van der Waals surface area contributed by atoms with E-state index in [4.69, 9.17) is 5.84 Å². The summed E-state index contributed by atoms with van der Waals surface area (Å²) in [6.45, 7) is 4.74. The number of likely N-dealkylation sites (tertiary alicyclic amines) is 1. The highest BCUT2D eigenvalue weighted by molar-refractivity contribution is 4.91. The monoisotopic (exact) mass is 169 g/mol. The van der Waals surface area contributed by atoms with Crippen LogP contribution < -0.4 is 5.84 Å². The van der Waals surface area contributed by atoms with Gasteiger partial charge in [0.05, 0.1) is 0 Å². The molecule has 2 N–H and O–H groups in total. The van der Waals surface area contributed by atoms with E-state index < -0.39 is 0 Å². The van der Waals surface area contributed by atoms with Crippen molar-refractivity contribution in [2.45, 2.75) is 19.3 Å². The second-order valence-electron chi connectivity index (χ2n) is 4.52. The first-order valence-electron chi connectivity index (χ1n) is 4.88. The highest BCUT2D eigenvalue weighted by Crippen LogP contribution is 2.38. The number of piperidine rings is 1. The molecule has 3 heteroatoms. The van der Waals surface area contributed by atoms with E-state index in [1.54, 1.807) is 0 Å². The molecule has 2 fully saturated rings. The van der Waals surface area contributed by atoms with E-state index in [0.717, 1.165) is 13.1 Å². The van der Waals surface area contributed by atoms with Crippen molar-refractivity contribution in [3.05, 3.63) is 0 Å². The van der Waals surface area contributed by atoms with Crippen LogP contribution in [-0.2, 0) is 0 Å². The quantitative estimate of drug-likeness (QED) is 0.529. The number of hydrazine groups is 1. The molecule has 70 valence electrons. The van der Waals surface area contributed by atoms with Gasteiger partial charge in [0.25, 0.3) is 0 Å². The molecule has 0 aromatic heterocycles. The Bertz CT molecular complexity index is 161. The van der Waals surface area contributed by atoms with Crippen molar-refractivity contribution in [2.75, 3.05) is 33.2 Å². The van der Waals surface area contributed by atoms with Crippen LogP contribution >= 0.6 is 0 Å². The molecule has 2 aliphatic rings. The molecule has 0 aromatic rings. The zero-order valence-electron chi connectivity index (χ0n) is 7.92. The van der Waals surface area contributed by atoms with Gasteiger partial charge in [-0.05, 0) is 44.8 Å². The van der Waals surface area contributed by atoms with Gasteiger partial charge in [-0.3, -0.25) is 5.84 Å². The fourth-order valence-corrected chi connectivity index (χ4v) is 2.47. The summed E-state index contributed by atoms with van der Waals surface area (Å²) in [7, 11) is 2.21. The standard InChI is InChI=1S/C9H19N3/c1-11-5-2-9(3-6-11)4-7-12(10)8-9/h2-8,10H2,1H3. The summed E-state index contributed by atoms with van der Waals surface area (Å²) in [5.74, 6) is 5.79. The average Bonchev–Trinajstić information content (AvgIpc) is 2.40. The molecule has 2 rings (SSSR count). The Kier molecular flexibility index (Phi) is 2.10. The van der Waals surface area contributed by atoms with Crippen LogP contribution in [-0.4, -0.2) is 43.1 Å². The lowest BCUT2D eigenvalue weighted by Crippen LogP contribution is -2.40. The average molecular weight is 169 g/mol. The number of hydrogen-bond acceptors (Lipinski definition) is 3. The van der Waals surface area contributed by atoms with Crippen molar-refractivity contribution in [2.24, 2.45) is 11.3 Å². The van der Waals surface area contributed by atoms with Gasteiger partial charge in [0, 0.05) is 13.1 Å². The van der Waals surface area contributed by atoms with Crippen LogP contribution in [0.4, 0.5) is 0 Å². The van der Waals surface area contributed by atoms with Crippen LogP contribution in [0.2, 0.25) is 0 Å². The largest absolute Gasteiger partial charge is 0.306 e. The van der Waals surface area contributed by atoms with Gasteiger partial charge in [-0.2, -0.15) is 0 Å². The van der Waals surface area contributed by atoms with Gasteiger partial charge in [0.15, 0.2) is 0 Å². The third kappa shape index (κ3) is 1.49. The Morgan fingerprint density at radius 1 is 1.08 bits per heavy atom. The molecule has 0 aliphatic carbocycles. The molecular formula is C9H19N3. The third-order valence-electron chi connectivity index (χ3n) is 3.52. The van der Waals surface area contributed by atoms with Crippen molar-refractivity contribution in [1.82, 2.24) is 9.91 Å². The number of nitrogens with zero attached hydrogens (tertiary/aromatic N) is 2. The maximum Gasteiger partial charge on any atom is 0.0186 e. The summed E-state index contributed by atoms with van der Waals surface area (Å²) in [5.41, 5.74) is 0.585. The summed E-state index contributed by atoms with van der Waals surface area (Å²) < 4.78 is 0. The van der Waals surface area contributed by atoms with Gasteiger partial charge in [0.1, 0.15) is 0 Å². The summed E-state index contributed by atoms with van der Waals surface area (Å²) in [6, 6.07) is 0. The smallest absolute Gasteiger partial charge is 0.0186 e. The van der Waals surface area contributed by atoms with Gasteiger partial charge in [-0.25, -0.2) is 5.01 Å². The molecule has 1 spiro atoms. The van der Waals surface area contributed by atoms with Gasteiger partial charge >= 0.3 is 0 Å². The first-order valence-corrected chi connectivity index (χ1v) is 4.88. The van der Waals surface area contributed by atoms with E-state index in [1.165, 1.54) is 32.4 Å². The van der Waals surface area contributed by atoms with Crippen molar-refractivity contribution < 1.29 is 0 Å². The molecule has 12 heavy (non-hydrogen) atoms. The van der Waals surface area contributed by atoms with E-state index in [9.17, 15) is 0 Å². The molecule has 0 saturated carbocycles. The van der Waals surface area contributed by atoms with E-state index in [0.29, 0.717) is 5.41 Å². The highest BCUT2D eigenvalue weighted by atomic mass is 15.4. The highest BCUT2D eigenvalue weighted by Gasteiger charge is 2.38. The van der Waals surface area contributed by atoms with Gasteiger partial charge in [-0.1, -0.05) is 0 Å². The van der Waals surface area contributed by atoms with Gasteiger partial charge < -0.3 is 4.90 Å². The maximum absolute atomic E-state index is 5.79. The predicted octanol–water partition coefficient (Wildman–Crippen LogP) is 0.278. The van der Waals surface area contributed by atoms with Crippen molar-refractivity contribution >= 4 is 0 Å². The number of hydrogen-bond donors (Lipinski definition) is 1. The van der Waals surface area contributed by atoms with E-state index >= 15 is 0 Å². The SMILES string of the molecule is CN1CCC2(CC1)CCN(N)C2. The zero-order chi connectivity index (χ0) is 8.60. The second-order valence-corrected chi connectivity index (χ2v) is 4.52. The predicted molar refractivity (Wildman–Crippen MR) is 49.5 cm³/mol. The first kappa shape index (κ1) is 8.48. The molecule has 0 aromatic carbocycles. The second kappa shape index (κ2) is 2.98. The van der Waals surface area contributed by atoms with Crippen LogP contribution in [0.25, 0.3) is 0 Å². The minimum Gasteiger partial charge on any atom is -0.306 e. The van der Waals surface area contributed by atoms with Crippen molar-refractivity contribution in [3.8, 4) is 0 Å². The Balaban J connectivity index is 1.95. The summed E-state index contributed by atoms with van der Waals surface area (Å²) in [4.78, 5) is 2.42. The summed E-state index contributed by atoms with van der Waals surface area (Å²) in [6.07, 6.45) is 4.01. The Morgan fingerprint density at radius 2 is 1.67 bits per heavy atom. The third-order valence-corrected chi connectivity index (χ3v) is 3.52. The van der Waals surface area contributed by atoms with Crippen molar-refractivity contribution in [3.63, 3.8) is 0 Å². The molecule has 0 atom stereocenters. The van der Waals surface area contributed by atoms with Crippen molar-refractivity contribution in [1.29, 1.82) is 0 Å².